The van der Waals surface area contributed by atoms with Gasteiger partial charge in [0.2, 0.25) is 5.91 Å². The van der Waals surface area contributed by atoms with Crippen LogP contribution in [0, 0.1) is 5.92 Å². The van der Waals surface area contributed by atoms with Crippen LogP contribution in [0.2, 0.25) is 0 Å². The maximum Gasteiger partial charge on any atom is 0.227 e. The summed E-state index contributed by atoms with van der Waals surface area (Å²) in [5, 5.41) is 7.23. The Bertz CT molecular complexity index is 926. The second kappa shape index (κ2) is 8.08. The number of aromatic nitrogens is 2. The van der Waals surface area contributed by atoms with Crippen molar-refractivity contribution in [2.75, 3.05) is 23.3 Å². The Morgan fingerprint density at radius 3 is 2.29 bits per heavy atom. The van der Waals surface area contributed by atoms with Gasteiger partial charge < -0.3 is 10.2 Å². The van der Waals surface area contributed by atoms with Crippen LogP contribution in [-0.2, 0) is 4.79 Å². The zero-order valence-electron chi connectivity index (χ0n) is 15.5. The molecule has 0 aliphatic carbocycles. The summed E-state index contributed by atoms with van der Waals surface area (Å²) in [6.07, 6.45) is 6.09. The molecule has 0 spiro atoms. The van der Waals surface area contributed by atoms with Crippen LogP contribution in [0.5, 0.6) is 0 Å². The SMILES string of the molecule is O=Cc1ccc(N2CCC(C(=O)Nc3ccc(-n4cccn4)cc3)CC2)cc1. The zero-order chi connectivity index (χ0) is 19.3. The summed E-state index contributed by atoms with van der Waals surface area (Å²) in [5.41, 5.74) is 3.53. The highest BCUT2D eigenvalue weighted by molar-refractivity contribution is 5.92. The van der Waals surface area contributed by atoms with Crippen LogP contribution >= 0.6 is 0 Å². The summed E-state index contributed by atoms with van der Waals surface area (Å²) in [6.45, 7) is 1.66. The van der Waals surface area contributed by atoms with E-state index in [-0.39, 0.29) is 11.8 Å². The van der Waals surface area contributed by atoms with Crippen molar-refractivity contribution in [2.45, 2.75) is 12.8 Å². The summed E-state index contributed by atoms with van der Waals surface area (Å²) in [7, 11) is 0. The molecule has 142 valence electrons. The van der Waals surface area contributed by atoms with Crippen LogP contribution in [0.25, 0.3) is 5.69 Å². The van der Waals surface area contributed by atoms with Crippen LogP contribution < -0.4 is 10.2 Å². The zero-order valence-corrected chi connectivity index (χ0v) is 15.5. The van der Waals surface area contributed by atoms with Gasteiger partial charge in [0.05, 0.1) is 5.69 Å². The Morgan fingerprint density at radius 2 is 1.68 bits per heavy atom. The molecular formula is C22H22N4O2. The molecule has 1 fully saturated rings. The Kier molecular flexibility index (Phi) is 5.19. The lowest BCUT2D eigenvalue weighted by Gasteiger charge is -2.33. The molecule has 6 nitrogen and oxygen atoms in total. The number of rotatable bonds is 5. The maximum atomic E-state index is 12.6. The lowest BCUT2D eigenvalue weighted by molar-refractivity contribution is -0.120. The van der Waals surface area contributed by atoms with Gasteiger partial charge in [-0.15, -0.1) is 0 Å². The summed E-state index contributed by atoms with van der Waals surface area (Å²) in [6, 6.07) is 17.1. The van der Waals surface area contributed by atoms with Gasteiger partial charge in [-0.3, -0.25) is 9.59 Å². The Morgan fingerprint density at radius 1 is 1.00 bits per heavy atom. The molecule has 0 bridgehead atoms. The number of aldehydes is 1. The maximum absolute atomic E-state index is 12.6. The number of hydrogen-bond acceptors (Lipinski definition) is 4. The van der Waals surface area contributed by atoms with E-state index in [1.54, 1.807) is 10.9 Å². The first-order valence-electron chi connectivity index (χ1n) is 9.44. The van der Waals surface area contributed by atoms with Gasteiger partial charge in [-0.25, -0.2) is 4.68 Å². The smallest absolute Gasteiger partial charge is 0.227 e. The van der Waals surface area contributed by atoms with Crippen molar-refractivity contribution < 1.29 is 9.59 Å². The van der Waals surface area contributed by atoms with Crippen molar-refractivity contribution in [3.05, 3.63) is 72.6 Å². The van der Waals surface area contributed by atoms with E-state index < -0.39 is 0 Å². The number of nitrogens with zero attached hydrogens (tertiary/aromatic N) is 3. The van der Waals surface area contributed by atoms with E-state index in [0.717, 1.165) is 49.3 Å². The minimum absolute atomic E-state index is 0.0105. The standard InChI is InChI=1S/C22H22N4O2/c27-16-17-2-6-20(7-3-17)25-14-10-18(11-15-25)22(28)24-19-4-8-21(9-5-19)26-13-1-12-23-26/h1-9,12-13,16,18H,10-11,14-15H2,(H,24,28). The fraction of sp³-hybridized carbons (Fsp3) is 0.227. The van der Waals surface area contributed by atoms with E-state index in [9.17, 15) is 9.59 Å². The van der Waals surface area contributed by atoms with E-state index in [0.29, 0.717) is 5.56 Å². The van der Waals surface area contributed by atoms with E-state index in [1.807, 2.05) is 60.8 Å². The van der Waals surface area contributed by atoms with E-state index in [4.69, 9.17) is 0 Å². The number of carbonyl (C=O) groups excluding carboxylic acids is 2. The van der Waals surface area contributed by atoms with Gasteiger partial charge in [-0.05, 0) is 67.4 Å². The normalized spacial score (nSPS) is 14.6. The number of benzene rings is 2. The number of nitrogens with one attached hydrogen (secondary N) is 1. The molecule has 1 amide bonds. The number of piperidine rings is 1. The Balaban J connectivity index is 1.31. The van der Waals surface area contributed by atoms with E-state index in [2.05, 4.69) is 15.3 Å². The molecule has 1 aromatic heterocycles. The summed E-state index contributed by atoms with van der Waals surface area (Å²) >= 11 is 0. The van der Waals surface area contributed by atoms with Crippen LogP contribution in [0.15, 0.2) is 67.0 Å². The highest BCUT2D eigenvalue weighted by Crippen LogP contribution is 2.25. The molecule has 0 unspecified atom stereocenters. The largest absolute Gasteiger partial charge is 0.371 e. The number of anilines is 2. The van der Waals surface area contributed by atoms with Gasteiger partial charge >= 0.3 is 0 Å². The first-order valence-corrected chi connectivity index (χ1v) is 9.44. The molecular weight excluding hydrogens is 352 g/mol. The molecule has 3 aromatic rings. The van der Waals surface area contributed by atoms with Gasteiger partial charge in [0.1, 0.15) is 6.29 Å². The average molecular weight is 374 g/mol. The van der Waals surface area contributed by atoms with Crippen molar-refractivity contribution in [3.8, 4) is 5.69 Å². The van der Waals surface area contributed by atoms with Crippen molar-refractivity contribution in [1.82, 2.24) is 9.78 Å². The predicted molar refractivity (Wildman–Crippen MR) is 109 cm³/mol. The minimum Gasteiger partial charge on any atom is -0.371 e. The minimum atomic E-state index is 0.0105. The van der Waals surface area contributed by atoms with Gasteiger partial charge in [-0.2, -0.15) is 5.10 Å². The Labute approximate surface area is 163 Å². The summed E-state index contributed by atoms with van der Waals surface area (Å²) < 4.78 is 1.78. The monoisotopic (exact) mass is 374 g/mol. The van der Waals surface area contributed by atoms with Crippen molar-refractivity contribution in [1.29, 1.82) is 0 Å². The lowest BCUT2D eigenvalue weighted by atomic mass is 9.95. The molecule has 28 heavy (non-hydrogen) atoms. The van der Waals surface area contributed by atoms with Crippen LogP contribution in [-0.4, -0.2) is 35.1 Å². The quantitative estimate of drug-likeness (QED) is 0.694. The topological polar surface area (TPSA) is 67.2 Å². The summed E-state index contributed by atoms with van der Waals surface area (Å²) in [4.78, 5) is 25.7. The molecule has 2 aromatic carbocycles. The highest BCUT2D eigenvalue weighted by atomic mass is 16.1. The molecule has 4 rings (SSSR count). The van der Waals surface area contributed by atoms with Crippen molar-refractivity contribution >= 4 is 23.6 Å². The number of hydrogen-bond donors (Lipinski definition) is 1. The predicted octanol–water partition coefficient (Wildman–Crippen LogP) is 3.54. The number of carbonyl (C=O) groups is 2. The molecule has 0 radical (unpaired) electrons. The molecule has 0 atom stereocenters. The third-order valence-electron chi connectivity index (χ3n) is 5.16. The average Bonchev–Trinajstić information content (AvgIpc) is 3.29. The molecule has 2 heterocycles. The van der Waals surface area contributed by atoms with E-state index >= 15 is 0 Å². The fourth-order valence-corrected chi connectivity index (χ4v) is 3.53. The second-order valence-corrected chi connectivity index (χ2v) is 6.96. The molecule has 1 saturated heterocycles. The van der Waals surface area contributed by atoms with E-state index in [1.165, 1.54) is 0 Å². The molecule has 1 N–H and O–H groups in total. The Hall–Kier alpha value is -3.41. The third kappa shape index (κ3) is 3.96. The highest BCUT2D eigenvalue weighted by Gasteiger charge is 2.25. The third-order valence-corrected chi connectivity index (χ3v) is 5.16. The summed E-state index contributed by atoms with van der Waals surface area (Å²) in [5.74, 6) is 0.0825. The molecule has 6 heteroatoms. The van der Waals surface area contributed by atoms with Crippen molar-refractivity contribution in [3.63, 3.8) is 0 Å². The first kappa shape index (κ1) is 18.0. The fourth-order valence-electron chi connectivity index (χ4n) is 3.53. The van der Waals surface area contributed by atoms with Gasteiger partial charge in [0.25, 0.3) is 0 Å². The number of amides is 1. The van der Waals surface area contributed by atoms with Crippen LogP contribution in [0.4, 0.5) is 11.4 Å². The first-order chi connectivity index (χ1) is 13.7. The van der Waals surface area contributed by atoms with Gasteiger partial charge in [0, 0.05) is 48.3 Å². The molecule has 0 saturated carbocycles. The van der Waals surface area contributed by atoms with Gasteiger partial charge in [-0.1, -0.05) is 0 Å². The molecule has 1 aliphatic rings. The lowest BCUT2D eigenvalue weighted by Crippen LogP contribution is -2.38. The van der Waals surface area contributed by atoms with Crippen LogP contribution in [0.1, 0.15) is 23.2 Å². The van der Waals surface area contributed by atoms with Crippen LogP contribution in [0.3, 0.4) is 0 Å². The second-order valence-electron chi connectivity index (χ2n) is 6.96. The van der Waals surface area contributed by atoms with Gasteiger partial charge in [0.15, 0.2) is 0 Å². The molecule has 1 aliphatic heterocycles. The van der Waals surface area contributed by atoms with Crippen molar-refractivity contribution in [2.24, 2.45) is 5.92 Å².